The summed E-state index contributed by atoms with van der Waals surface area (Å²) in [4.78, 5) is 0. The van der Waals surface area contributed by atoms with E-state index in [1.54, 1.807) is 6.07 Å². The summed E-state index contributed by atoms with van der Waals surface area (Å²) in [5, 5.41) is 0. The van der Waals surface area contributed by atoms with Crippen LogP contribution in [0.4, 0.5) is 8.78 Å². The first-order valence-corrected chi connectivity index (χ1v) is 6.09. The van der Waals surface area contributed by atoms with Gasteiger partial charge in [-0.15, -0.1) is 0 Å². The molecule has 0 unspecified atom stereocenters. The van der Waals surface area contributed by atoms with Crippen LogP contribution in [0.25, 0.3) is 0 Å². The molecule has 0 heterocycles. The van der Waals surface area contributed by atoms with Crippen LogP contribution >= 0.6 is 0 Å². The highest BCUT2D eigenvalue weighted by Gasteiger charge is 2.42. The van der Waals surface area contributed by atoms with Gasteiger partial charge in [0.2, 0.25) is 0 Å². The van der Waals surface area contributed by atoms with Gasteiger partial charge in [-0.25, -0.2) is 8.78 Å². The van der Waals surface area contributed by atoms with Crippen molar-refractivity contribution >= 4 is 0 Å². The van der Waals surface area contributed by atoms with Gasteiger partial charge in [0, 0.05) is 17.5 Å². The summed E-state index contributed by atoms with van der Waals surface area (Å²) < 4.78 is 28.1. The second-order valence-corrected chi connectivity index (χ2v) is 5.47. The first-order chi connectivity index (χ1) is 7.91. The summed E-state index contributed by atoms with van der Waals surface area (Å²) in [6, 6.07) is 4.80. The zero-order valence-corrected chi connectivity index (χ0v) is 10.4. The second-order valence-electron chi connectivity index (χ2n) is 5.47. The van der Waals surface area contributed by atoms with Gasteiger partial charge < -0.3 is 5.73 Å². The van der Waals surface area contributed by atoms with Gasteiger partial charge in [0.1, 0.15) is 11.5 Å². The highest BCUT2D eigenvalue weighted by atomic mass is 19.1. The van der Waals surface area contributed by atoms with Crippen LogP contribution in [0.3, 0.4) is 0 Å². The van der Waals surface area contributed by atoms with E-state index in [1.165, 1.54) is 19.9 Å². The molecule has 0 amide bonds. The molecular weight excluding hydrogens is 220 g/mol. The molecule has 17 heavy (non-hydrogen) atoms. The van der Waals surface area contributed by atoms with Gasteiger partial charge in [-0.05, 0) is 38.3 Å². The Morgan fingerprint density at radius 2 is 2.00 bits per heavy atom. The molecule has 0 aliphatic heterocycles. The Morgan fingerprint density at radius 3 is 2.41 bits per heavy atom. The zero-order chi connectivity index (χ0) is 12.7. The molecule has 1 fully saturated rings. The molecule has 0 spiro atoms. The molecule has 1 aliphatic carbocycles. The third-order valence-electron chi connectivity index (χ3n) is 3.88. The Hall–Kier alpha value is -0.960. The fraction of sp³-hybridized carbons (Fsp3) is 0.571. The standard InChI is InChI=1S/C14H19F2N/c1-13(2,16)12-10(5-3-6-11(12)15)14(9-17)7-4-8-14/h3,5-6H,4,7-9,17H2,1-2H3. The van der Waals surface area contributed by atoms with Crippen LogP contribution in [-0.2, 0) is 11.1 Å². The fourth-order valence-electron chi connectivity index (χ4n) is 2.76. The van der Waals surface area contributed by atoms with Crippen LogP contribution in [0, 0.1) is 5.82 Å². The molecule has 1 aromatic carbocycles. The van der Waals surface area contributed by atoms with Gasteiger partial charge in [-0.1, -0.05) is 18.6 Å². The maximum Gasteiger partial charge on any atom is 0.133 e. The number of halogens is 2. The van der Waals surface area contributed by atoms with Gasteiger partial charge >= 0.3 is 0 Å². The minimum absolute atomic E-state index is 0.185. The van der Waals surface area contributed by atoms with Crippen molar-refractivity contribution in [2.24, 2.45) is 5.73 Å². The molecule has 94 valence electrons. The average Bonchev–Trinajstić information content (AvgIpc) is 2.14. The number of alkyl halides is 1. The molecule has 2 rings (SSSR count). The van der Waals surface area contributed by atoms with E-state index < -0.39 is 11.5 Å². The van der Waals surface area contributed by atoms with E-state index in [0.717, 1.165) is 24.8 Å². The maximum absolute atomic E-state index is 14.2. The monoisotopic (exact) mass is 239 g/mol. The molecule has 1 saturated carbocycles. The molecule has 1 nitrogen and oxygen atoms in total. The summed E-state index contributed by atoms with van der Waals surface area (Å²) in [5.74, 6) is -0.463. The van der Waals surface area contributed by atoms with Gasteiger partial charge in [0.15, 0.2) is 0 Å². The Bertz CT molecular complexity index is 411. The summed E-state index contributed by atoms with van der Waals surface area (Å²) in [6.07, 6.45) is 2.94. The van der Waals surface area contributed by atoms with Crippen molar-refractivity contribution in [3.63, 3.8) is 0 Å². The lowest BCUT2D eigenvalue weighted by atomic mass is 9.62. The van der Waals surface area contributed by atoms with Crippen LogP contribution < -0.4 is 5.73 Å². The van der Waals surface area contributed by atoms with Crippen LogP contribution in [0.1, 0.15) is 44.2 Å². The highest BCUT2D eigenvalue weighted by molar-refractivity contribution is 5.40. The molecule has 1 aromatic rings. The number of hydrogen-bond acceptors (Lipinski definition) is 1. The topological polar surface area (TPSA) is 26.0 Å². The Kier molecular flexibility index (Phi) is 2.98. The van der Waals surface area contributed by atoms with Crippen LogP contribution in [0.15, 0.2) is 18.2 Å². The zero-order valence-electron chi connectivity index (χ0n) is 10.4. The predicted molar refractivity (Wildman–Crippen MR) is 65.1 cm³/mol. The van der Waals surface area contributed by atoms with E-state index in [9.17, 15) is 8.78 Å². The molecule has 0 saturated heterocycles. The largest absolute Gasteiger partial charge is 0.330 e. The average molecular weight is 239 g/mol. The number of rotatable bonds is 3. The number of nitrogens with two attached hydrogens (primary N) is 1. The van der Waals surface area contributed by atoms with Crippen molar-refractivity contribution in [3.8, 4) is 0 Å². The lowest BCUT2D eigenvalue weighted by Gasteiger charge is -2.43. The van der Waals surface area contributed by atoms with E-state index in [1.807, 2.05) is 6.07 Å². The van der Waals surface area contributed by atoms with E-state index in [-0.39, 0.29) is 11.0 Å². The molecule has 0 radical (unpaired) electrons. The molecule has 0 bridgehead atoms. The molecular formula is C14H19F2N. The smallest absolute Gasteiger partial charge is 0.133 e. The van der Waals surface area contributed by atoms with Gasteiger partial charge in [-0.3, -0.25) is 0 Å². The summed E-state index contributed by atoms with van der Waals surface area (Å²) in [7, 11) is 0. The van der Waals surface area contributed by atoms with Crippen molar-refractivity contribution in [1.82, 2.24) is 0 Å². The molecule has 0 aromatic heterocycles. The van der Waals surface area contributed by atoms with Crippen molar-refractivity contribution in [3.05, 3.63) is 35.1 Å². The normalized spacial score (nSPS) is 18.9. The minimum atomic E-state index is -1.67. The third kappa shape index (κ3) is 1.97. The van der Waals surface area contributed by atoms with Crippen LogP contribution in [-0.4, -0.2) is 6.54 Å². The van der Waals surface area contributed by atoms with E-state index in [4.69, 9.17) is 5.73 Å². The SMILES string of the molecule is CC(C)(F)c1c(F)cccc1C1(CN)CCC1. The van der Waals surface area contributed by atoms with Gasteiger partial charge in [0.05, 0.1) is 0 Å². The Morgan fingerprint density at radius 1 is 1.35 bits per heavy atom. The lowest BCUT2D eigenvalue weighted by molar-refractivity contribution is 0.194. The summed E-state index contributed by atoms with van der Waals surface area (Å²) in [6.45, 7) is 3.26. The highest BCUT2D eigenvalue weighted by Crippen LogP contribution is 2.47. The number of hydrogen-bond donors (Lipinski definition) is 1. The van der Waals surface area contributed by atoms with E-state index in [0.29, 0.717) is 6.54 Å². The summed E-state index contributed by atoms with van der Waals surface area (Å²) >= 11 is 0. The molecule has 3 heteroatoms. The number of benzene rings is 1. The predicted octanol–water partition coefficient (Wildman–Crippen LogP) is 3.41. The fourth-order valence-corrected chi connectivity index (χ4v) is 2.76. The van der Waals surface area contributed by atoms with Crippen molar-refractivity contribution < 1.29 is 8.78 Å². The van der Waals surface area contributed by atoms with E-state index in [2.05, 4.69) is 0 Å². The van der Waals surface area contributed by atoms with Crippen LogP contribution in [0.5, 0.6) is 0 Å². The van der Waals surface area contributed by atoms with E-state index >= 15 is 0 Å². The van der Waals surface area contributed by atoms with Gasteiger partial charge in [-0.2, -0.15) is 0 Å². The van der Waals surface area contributed by atoms with Crippen molar-refractivity contribution in [2.75, 3.05) is 6.54 Å². The third-order valence-corrected chi connectivity index (χ3v) is 3.88. The molecule has 0 atom stereocenters. The Labute approximate surface area is 101 Å². The summed E-state index contributed by atoms with van der Waals surface area (Å²) in [5.41, 5.74) is 4.89. The van der Waals surface area contributed by atoms with Crippen LogP contribution in [0.2, 0.25) is 0 Å². The first-order valence-electron chi connectivity index (χ1n) is 6.09. The molecule has 2 N–H and O–H groups in total. The molecule has 1 aliphatic rings. The first kappa shape index (κ1) is 12.5. The maximum atomic E-state index is 14.2. The Balaban J connectivity index is 2.58. The second kappa shape index (κ2) is 4.05. The quantitative estimate of drug-likeness (QED) is 0.859. The van der Waals surface area contributed by atoms with Crippen molar-refractivity contribution in [1.29, 1.82) is 0 Å². The minimum Gasteiger partial charge on any atom is -0.330 e. The van der Waals surface area contributed by atoms with Gasteiger partial charge in [0.25, 0.3) is 0 Å². The lowest BCUT2D eigenvalue weighted by Crippen LogP contribution is -2.43. The van der Waals surface area contributed by atoms with Crippen molar-refractivity contribution in [2.45, 2.75) is 44.2 Å².